The van der Waals surface area contributed by atoms with Crippen LogP contribution in [-0.2, 0) is 20.4 Å². The van der Waals surface area contributed by atoms with Gasteiger partial charge in [0.25, 0.3) is 0 Å². The summed E-state index contributed by atoms with van der Waals surface area (Å²) in [6, 6.07) is 14.0. The number of phenolic OH excluding ortho intramolecular Hbond substituents is 1. The summed E-state index contributed by atoms with van der Waals surface area (Å²) in [7, 11) is -3.51. The molecule has 2 aromatic carbocycles. The van der Waals surface area contributed by atoms with Crippen molar-refractivity contribution in [2.75, 3.05) is 36.8 Å². The van der Waals surface area contributed by atoms with Crippen LogP contribution in [0.3, 0.4) is 0 Å². The number of halogens is 1. The number of benzene rings is 2. The average Bonchev–Trinajstić information content (AvgIpc) is 2.64. The predicted molar refractivity (Wildman–Crippen MR) is 109 cm³/mol. The molecule has 0 atom stereocenters. The largest absolute Gasteiger partial charge is 0.508 e. The number of amides is 1. The average molecular weight is 453 g/mol. The predicted octanol–water partition coefficient (Wildman–Crippen LogP) is 2.42. The minimum Gasteiger partial charge on any atom is -0.508 e. The molecule has 1 aliphatic rings. The summed E-state index contributed by atoms with van der Waals surface area (Å²) < 4.78 is 25.6. The van der Waals surface area contributed by atoms with Crippen LogP contribution in [0.2, 0.25) is 0 Å². The van der Waals surface area contributed by atoms with Crippen molar-refractivity contribution in [3.05, 3.63) is 58.6 Å². The zero-order valence-corrected chi connectivity index (χ0v) is 17.1. The molecule has 0 aliphatic carbocycles. The van der Waals surface area contributed by atoms with Crippen LogP contribution >= 0.6 is 15.9 Å². The number of hydrogen-bond acceptors (Lipinski definition) is 5. The third kappa shape index (κ3) is 5.46. The minimum atomic E-state index is -3.51. The van der Waals surface area contributed by atoms with E-state index in [1.54, 1.807) is 41.3 Å². The zero-order chi connectivity index (χ0) is 19.4. The van der Waals surface area contributed by atoms with Crippen molar-refractivity contribution in [2.45, 2.75) is 5.75 Å². The lowest BCUT2D eigenvalue weighted by molar-refractivity contribution is -0.128. The van der Waals surface area contributed by atoms with Gasteiger partial charge in [-0.05, 0) is 42.0 Å². The van der Waals surface area contributed by atoms with Gasteiger partial charge in [0.15, 0.2) is 9.84 Å². The normalized spacial score (nSPS) is 15.0. The number of rotatable bonds is 5. The Labute approximate surface area is 167 Å². The van der Waals surface area contributed by atoms with Crippen molar-refractivity contribution in [3.8, 4) is 5.75 Å². The lowest BCUT2D eigenvalue weighted by Crippen LogP contribution is -2.50. The van der Waals surface area contributed by atoms with Crippen LogP contribution in [0.4, 0.5) is 5.69 Å². The fraction of sp³-hybridized carbons (Fsp3) is 0.316. The summed E-state index contributed by atoms with van der Waals surface area (Å²) in [5, 5.41) is 9.37. The quantitative estimate of drug-likeness (QED) is 0.753. The van der Waals surface area contributed by atoms with Crippen LogP contribution in [0.5, 0.6) is 5.75 Å². The SMILES string of the molecule is O=C(CS(=O)(=O)Cc1ccc(Br)cc1)N1CCN(c2ccc(O)cc2)CC1. The van der Waals surface area contributed by atoms with E-state index in [0.29, 0.717) is 31.7 Å². The second kappa shape index (κ2) is 8.31. The van der Waals surface area contributed by atoms with Gasteiger partial charge in [-0.3, -0.25) is 4.79 Å². The molecular formula is C19H21BrN2O4S. The Kier molecular flexibility index (Phi) is 6.06. The maximum absolute atomic E-state index is 12.4. The van der Waals surface area contributed by atoms with Crippen LogP contribution < -0.4 is 4.90 Å². The van der Waals surface area contributed by atoms with Gasteiger partial charge in [0.05, 0.1) is 5.75 Å². The van der Waals surface area contributed by atoms with Crippen molar-refractivity contribution in [1.29, 1.82) is 0 Å². The van der Waals surface area contributed by atoms with Crippen LogP contribution in [0, 0.1) is 0 Å². The Hall–Kier alpha value is -2.06. The second-order valence-electron chi connectivity index (χ2n) is 6.54. The third-order valence-electron chi connectivity index (χ3n) is 4.49. The van der Waals surface area contributed by atoms with Gasteiger partial charge < -0.3 is 14.9 Å². The third-order valence-corrected chi connectivity index (χ3v) is 6.48. The highest BCUT2D eigenvalue weighted by Gasteiger charge is 2.25. The van der Waals surface area contributed by atoms with Crippen LogP contribution in [0.25, 0.3) is 0 Å². The monoisotopic (exact) mass is 452 g/mol. The maximum atomic E-state index is 12.4. The lowest BCUT2D eigenvalue weighted by Gasteiger charge is -2.36. The first kappa shape index (κ1) is 19.7. The Morgan fingerprint density at radius 3 is 2.15 bits per heavy atom. The first-order valence-corrected chi connectivity index (χ1v) is 11.2. The van der Waals surface area contributed by atoms with E-state index in [-0.39, 0.29) is 17.4 Å². The molecule has 6 nitrogen and oxygen atoms in total. The molecule has 1 aliphatic heterocycles. The van der Waals surface area contributed by atoms with E-state index in [0.717, 1.165) is 10.2 Å². The van der Waals surface area contributed by atoms with Crippen LogP contribution in [0.1, 0.15) is 5.56 Å². The topological polar surface area (TPSA) is 77.9 Å². The number of sulfone groups is 1. The summed E-state index contributed by atoms with van der Waals surface area (Å²) in [6.07, 6.45) is 0. The highest BCUT2D eigenvalue weighted by Crippen LogP contribution is 2.20. The Bertz CT molecular complexity index is 890. The molecule has 1 saturated heterocycles. The van der Waals surface area contributed by atoms with Gasteiger partial charge >= 0.3 is 0 Å². The Morgan fingerprint density at radius 2 is 1.56 bits per heavy atom. The second-order valence-corrected chi connectivity index (χ2v) is 9.52. The van der Waals surface area contributed by atoms with E-state index in [9.17, 15) is 18.3 Å². The summed E-state index contributed by atoms with van der Waals surface area (Å²) in [5.74, 6) is -0.747. The number of carbonyl (C=O) groups excluding carboxylic acids is 1. The van der Waals surface area contributed by atoms with E-state index in [2.05, 4.69) is 20.8 Å². The highest BCUT2D eigenvalue weighted by atomic mass is 79.9. The van der Waals surface area contributed by atoms with Gasteiger partial charge in [-0.2, -0.15) is 0 Å². The molecule has 1 N–H and O–H groups in total. The summed E-state index contributed by atoms with van der Waals surface area (Å²) in [4.78, 5) is 16.2. The molecule has 0 saturated carbocycles. The van der Waals surface area contributed by atoms with E-state index in [1.807, 2.05) is 12.1 Å². The van der Waals surface area contributed by atoms with Crippen molar-refractivity contribution < 1.29 is 18.3 Å². The number of anilines is 1. The van der Waals surface area contributed by atoms with E-state index >= 15 is 0 Å². The van der Waals surface area contributed by atoms with E-state index < -0.39 is 15.6 Å². The number of aromatic hydroxyl groups is 1. The summed E-state index contributed by atoms with van der Waals surface area (Å²) in [6.45, 7) is 2.22. The smallest absolute Gasteiger partial charge is 0.237 e. The first-order valence-electron chi connectivity index (χ1n) is 8.59. The van der Waals surface area contributed by atoms with Crippen LogP contribution in [0.15, 0.2) is 53.0 Å². The first-order chi connectivity index (χ1) is 12.8. The van der Waals surface area contributed by atoms with E-state index in [4.69, 9.17) is 0 Å². The molecular weight excluding hydrogens is 432 g/mol. The molecule has 1 fully saturated rings. The van der Waals surface area contributed by atoms with Gasteiger partial charge in [0, 0.05) is 36.3 Å². The maximum Gasteiger partial charge on any atom is 0.237 e. The van der Waals surface area contributed by atoms with Gasteiger partial charge in [-0.15, -0.1) is 0 Å². The molecule has 0 radical (unpaired) electrons. The molecule has 1 amide bonds. The summed E-state index contributed by atoms with van der Waals surface area (Å²) >= 11 is 3.32. The van der Waals surface area contributed by atoms with Gasteiger partial charge in [0.1, 0.15) is 11.5 Å². The number of hydrogen-bond donors (Lipinski definition) is 1. The molecule has 144 valence electrons. The molecule has 0 spiro atoms. The molecule has 8 heteroatoms. The number of nitrogens with zero attached hydrogens (tertiary/aromatic N) is 2. The Morgan fingerprint density at radius 1 is 0.963 bits per heavy atom. The standard InChI is InChI=1S/C19H21BrN2O4S/c20-16-3-1-15(2-4-16)13-27(25,26)14-19(24)22-11-9-21(10-12-22)17-5-7-18(23)8-6-17/h1-8,23H,9-14H2. The number of piperazine rings is 1. The van der Waals surface area contributed by atoms with Gasteiger partial charge in [0.2, 0.25) is 5.91 Å². The highest BCUT2D eigenvalue weighted by molar-refractivity contribution is 9.10. The molecule has 0 unspecified atom stereocenters. The molecule has 1 heterocycles. The molecule has 0 bridgehead atoms. The molecule has 2 aromatic rings. The van der Waals surface area contributed by atoms with Crippen molar-refractivity contribution in [2.24, 2.45) is 0 Å². The zero-order valence-electron chi connectivity index (χ0n) is 14.7. The molecule has 27 heavy (non-hydrogen) atoms. The number of phenols is 1. The van der Waals surface area contributed by atoms with Gasteiger partial charge in [-0.25, -0.2) is 8.42 Å². The van der Waals surface area contributed by atoms with E-state index in [1.165, 1.54) is 0 Å². The van der Waals surface area contributed by atoms with Crippen LogP contribution in [-0.4, -0.2) is 56.3 Å². The fourth-order valence-corrected chi connectivity index (χ4v) is 4.67. The summed E-state index contributed by atoms with van der Waals surface area (Å²) in [5.41, 5.74) is 1.64. The molecule has 3 rings (SSSR count). The fourth-order valence-electron chi connectivity index (χ4n) is 3.04. The van der Waals surface area contributed by atoms with Crippen molar-refractivity contribution in [3.63, 3.8) is 0 Å². The van der Waals surface area contributed by atoms with Crippen molar-refractivity contribution >= 4 is 37.4 Å². The lowest BCUT2D eigenvalue weighted by atomic mass is 10.2. The van der Waals surface area contributed by atoms with Crippen molar-refractivity contribution in [1.82, 2.24) is 4.90 Å². The number of carbonyl (C=O) groups is 1. The minimum absolute atomic E-state index is 0.139. The Balaban J connectivity index is 1.54. The molecule has 0 aromatic heterocycles. The van der Waals surface area contributed by atoms with Gasteiger partial charge in [-0.1, -0.05) is 28.1 Å².